The average Bonchev–Trinajstić information content (AvgIpc) is 2.31. The number of rotatable bonds is 6. The van der Waals surface area contributed by atoms with Gasteiger partial charge in [0.15, 0.2) is 12.4 Å². The fourth-order valence-corrected chi connectivity index (χ4v) is 1.59. The first kappa shape index (κ1) is 20.3. The normalized spacial score (nSPS) is 14.7. The maximum Gasteiger partial charge on any atom is 0.410 e. The molecule has 128 valence electrons. The third-order valence-corrected chi connectivity index (χ3v) is 2.59. The van der Waals surface area contributed by atoms with Crippen molar-refractivity contribution in [3.63, 3.8) is 0 Å². The Hall–Kier alpha value is -1.66. The highest BCUT2D eigenvalue weighted by molar-refractivity contribution is 5.82. The van der Waals surface area contributed by atoms with Crippen molar-refractivity contribution in [1.82, 2.24) is 4.90 Å². The summed E-state index contributed by atoms with van der Waals surface area (Å²) in [5.41, 5.74) is -2.45. The monoisotopic (exact) mass is 319 g/mol. The summed E-state index contributed by atoms with van der Waals surface area (Å²) < 4.78 is 24.0. The van der Waals surface area contributed by atoms with Crippen LogP contribution in [0.4, 0.5) is 9.18 Å². The summed E-state index contributed by atoms with van der Waals surface area (Å²) in [5.74, 6) is -0.848. The molecular weight excluding hydrogens is 293 g/mol. The summed E-state index contributed by atoms with van der Waals surface area (Å²) in [4.78, 5) is 35.7. The van der Waals surface area contributed by atoms with Gasteiger partial charge in [-0.3, -0.25) is 9.69 Å². The van der Waals surface area contributed by atoms with Crippen LogP contribution in [0.1, 0.15) is 48.0 Å². The average molecular weight is 319 g/mol. The van der Waals surface area contributed by atoms with Gasteiger partial charge >= 0.3 is 12.1 Å². The van der Waals surface area contributed by atoms with Gasteiger partial charge < -0.3 is 9.47 Å². The maximum absolute atomic E-state index is 13.9. The molecule has 0 saturated heterocycles. The van der Waals surface area contributed by atoms with Gasteiger partial charge in [-0.15, -0.1) is 0 Å². The molecule has 0 aliphatic heterocycles. The van der Waals surface area contributed by atoms with Crippen LogP contribution in [0, 0.1) is 0 Å². The van der Waals surface area contributed by atoms with E-state index in [1.807, 2.05) is 0 Å². The van der Waals surface area contributed by atoms with Crippen LogP contribution in [0.2, 0.25) is 0 Å². The predicted octanol–water partition coefficient (Wildman–Crippen LogP) is 2.49. The molecule has 0 spiro atoms. The van der Waals surface area contributed by atoms with E-state index in [4.69, 9.17) is 9.47 Å². The SMILES string of the molecule is CC(C=O)OC(=O)[C@H](CC(C)(C)F)N(C)C(=O)OC(C)(C)C. The number of carbonyl (C=O) groups excluding carboxylic acids is 3. The highest BCUT2D eigenvalue weighted by Gasteiger charge is 2.36. The molecule has 0 aromatic rings. The summed E-state index contributed by atoms with van der Waals surface area (Å²) in [5, 5.41) is 0. The molecular formula is C15H26FNO5. The Balaban J connectivity index is 5.18. The van der Waals surface area contributed by atoms with Crippen LogP contribution < -0.4 is 0 Å². The summed E-state index contributed by atoms with van der Waals surface area (Å²) in [6.07, 6.45) is -1.56. The minimum atomic E-state index is -1.70. The van der Waals surface area contributed by atoms with Crippen LogP contribution in [0.15, 0.2) is 0 Å². The second-order valence-corrected chi connectivity index (χ2v) is 6.81. The summed E-state index contributed by atoms with van der Waals surface area (Å²) in [7, 11) is 1.33. The number of nitrogens with zero attached hydrogens (tertiary/aromatic N) is 1. The van der Waals surface area contributed by atoms with Gasteiger partial charge in [0, 0.05) is 13.5 Å². The number of ether oxygens (including phenoxy) is 2. The van der Waals surface area contributed by atoms with E-state index in [9.17, 15) is 18.8 Å². The Morgan fingerprint density at radius 3 is 2.09 bits per heavy atom. The zero-order valence-corrected chi connectivity index (χ0v) is 14.3. The van der Waals surface area contributed by atoms with E-state index >= 15 is 0 Å². The summed E-state index contributed by atoms with van der Waals surface area (Å²) in [6.45, 7) is 9.01. The van der Waals surface area contributed by atoms with E-state index in [1.165, 1.54) is 27.8 Å². The maximum atomic E-state index is 13.9. The van der Waals surface area contributed by atoms with Crippen LogP contribution in [0.5, 0.6) is 0 Å². The van der Waals surface area contributed by atoms with Gasteiger partial charge in [-0.25, -0.2) is 14.0 Å². The predicted molar refractivity (Wildman–Crippen MR) is 79.2 cm³/mol. The molecule has 0 aromatic carbocycles. The minimum Gasteiger partial charge on any atom is -0.453 e. The van der Waals surface area contributed by atoms with Gasteiger partial charge in [-0.1, -0.05) is 0 Å². The number of alkyl halides is 1. The van der Waals surface area contributed by atoms with Crippen LogP contribution in [0.3, 0.4) is 0 Å². The first-order valence-corrected chi connectivity index (χ1v) is 7.07. The molecule has 0 bridgehead atoms. The van der Waals surface area contributed by atoms with Crippen molar-refractivity contribution in [1.29, 1.82) is 0 Å². The van der Waals surface area contributed by atoms with Crippen molar-refractivity contribution in [3.05, 3.63) is 0 Å². The molecule has 7 heteroatoms. The van der Waals surface area contributed by atoms with Gasteiger partial charge in [0.1, 0.15) is 17.3 Å². The molecule has 1 unspecified atom stereocenters. The Labute approximate surface area is 130 Å². The fourth-order valence-electron chi connectivity index (χ4n) is 1.59. The fraction of sp³-hybridized carbons (Fsp3) is 0.800. The largest absolute Gasteiger partial charge is 0.453 e. The molecule has 0 heterocycles. The molecule has 6 nitrogen and oxygen atoms in total. The highest BCUT2D eigenvalue weighted by atomic mass is 19.1. The van der Waals surface area contributed by atoms with Crippen LogP contribution in [-0.4, -0.2) is 53.7 Å². The molecule has 2 atom stereocenters. The van der Waals surface area contributed by atoms with E-state index in [0.29, 0.717) is 6.29 Å². The van der Waals surface area contributed by atoms with E-state index in [2.05, 4.69) is 0 Å². The molecule has 0 aliphatic carbocycles. The lowest BCUT2D eigenvalue weighted by molar-refractivity contribution is -0.157. The number of halogens is 1. The standard InChI is InChI=1S/C15H26FNO5/c1-10(9-18)21-12(19)11(8-15(5,6)16)17(7)13(20)22-14(2,3)4/h9-11H,8H2,1-7H3/t10?,11-/m0/s1. The van der Waals surface area contributed by atoms with Gasteiger partial charge in [0.25, 0.3) is 0 Å². The lowest BCUT2D eigenvalue weighted by Gasteiger charge is -2.31. The van der Waals surface area contributed by atoms with Crippen molar-refractivity contribution in [2.75, 3.05) is 7.05 Å². The van der Waals surface area contributed by atoms with E-state index in [-0.39, 0.29) is 6.42 Å². The lowest BCUT2D eigenvalue weighted by Crippen LogP contribution is -2.48. The van der Waals surface area contributed by atoms with Gasteiger partial charge in [-0.05, 0) is 41.5 Å². The van der Waals surface area contributed by atoms with Crippen LogP contribution in [-0.2, 0) is 19.1 Å². The highest BCUT2D eigenvalue weighted by Crippen LogP contribution is 2.22. The van der Waals surface area contributed by atoms with E-state index in [1.54, 1.807) is 20.8 Å². The molecule has 0 saturated carbocycles. The van der Waals surface area contributed by atoms with Crippen molar-refractivity contribution < 1.29 is 28.2 Å². The quantitative estimate of drug-likeness (QED) is 0.555. The second kappa shape index (κ2) is 7.56. The van der Waals surface area contributed by atoms with Crippen LogP contribution in [0.25, 0.3) is 0 Å². The summed E-state index contributed by atoms with van der Waals surface area (Å²) in [6, 6.07) is -1.18. The third-order valence-electron chi connectivity index (χ3n) is 2.59. The number of carbonyl (C=O) groups is 3. The lowest BCUT2D eigenvalue weighted by atomic mass is 10.00. The van der Waals surface area contributed by atoms with Gasteiger partial charge in [0.2, 0.25) is 0 Å². The van der Waals surface area contributed by atoms with Crippen molar-refractivity contribution in [2.45, 2.75) is 71.4 Å². The number of esters is 1. The van der Waals surface area contributed by atoms with Crippen molar-refractivity contribution >= 4 is 18.3 Å². The Bertz CT molecular complexity index is 411. The molecule has 0 aliphatic rings. The Morgan fingerprint density at radius 1 is 1.23 bits per heavy atom. The first-order chi connectivity index (χ1) is 9.76. The molecule has 22 heavy (non-hydrogen) atoms. The summed E-state index contributed by atoms with van der Waals surface area (Å²) >= 11 is 0. The number of aldehydes is 1. The number of amides is 1. The molecule has 0 N–H and O–H groups in total. The minimum absolute atomic E-state index is 0.271. The number of hydrogen-bond donors (Lipinski definition) is 0. The van der Waals surface area contributed by atoms with Crippen LogP contribution >= 0.6 is 0 Å². The number of hydrogen-bond acceptors (Lipinski definition) is 5. The third kappa shape index (κ3) is 7.95. The molecule has 1 amide bonds. The molecule has 0 radical (unpaired) electrons. The molecule has 0 aromatic heterocycles. The van der Waals surface area contributed by atoms with Crippen molar-refractivity contribution in [2.24, 2.45) is 0 Å². The number of likely N-dealkylation sites (N-methyl/N-ethyl adjacent to an activating group) is 1. The Kier molecular flexibility index (Phi) is 6.99. The van der Waals surface area contributed by atoms with Gasteiger partial charge in [0.05, 0.1) is 0 Å². The smallest absolute Gasteiger partial charge is 0.410 e. The van der Waals surface area contributed by atoms with E-state index < -0.39 is 35.5 Å². The second-order valence-electron chi connectivity index (χ2n) is 6.81. The molecule has 0 fully saturated rings. The van der Waals surface area contributed by atoms with E-state index in [0.717, 1.165) is 4.90 Å². The Morgan fingerprint density at radius 2 is 1.73 bits per heavy atom. The first-order valence-electron chi connectivity index (χ1n) is 7.07. The van der Waals surface area contributed by atoms with Crippen molar-refractivity contribution in [3.8, 4) is 0 Å². The topological polar surface area (TPSA) is 72.9 Å². The van der Waals surface area contributed by atoms with Gasteiger partial charge in [-0.2, -0.15) is 0 Å². The zero-order chi connectivity index (χ0) is 17.7. The molecule has 0 rings (SSSR count). The zero-order valence-electron chi connectivity index (χ0n) is 14.3.